The van der Waals surface area contributed by atoms with Gasteiger partial charge in [0.25, 0.3) is 5.78 Å². The van der Waals surface area contributed by atoms with Crippen molar-refractivity contribution in [3.05, 3.63) is 58.7 Å². The second-order valence-corrected chi connectivity index (χ2v) is 7.77. The molecule has 0 fully saturated rings. The summed E-state index contributed by atoms with van der Waals surface area (Å²) in [7, 11) is 3.99. The molecule has 7 nitrogen and oxygen atoms in total. The second kappa shape index (κ2) is 7.31. The van der Waals surface area contributed by atoms with E-state index in [0.717, 1.165) is 24.4 Å². The Morgan fingerprint density at radius 1 is 1.21 bits per heavy atom. The zero-order valence-corrected chi connectivity index (χ0v) is 16.9. The van der Waals surface area contributed by atoms with Gasteiger partial charge in [0.15, 0.2) is 5.82 Å². The summed E-state index contributed by atoms with van der Waals surface area (Å²) in [5.74, 6) is 1.09. The number of aryl methyl sites for hydroxylation is 2. The van der Waals surface area contributed by atoms with Crippen molar-refractivity contribution in [1.29, 1.82) is 0 Å². The first-order valence-corrected chi connectivity index (χ1v) is 9.61. The molecule has 0 N–H and O–H groups in total. The van der Waals surface area contributed by atoms with Gasteiger partial charge in [0, 0.05) is 37.6 Å². The van der Waals surface area contributed by atoms with E-state index in [1.807, 2.05) is 27.0 Å². The van der Waals surface area contributed by atoms with E-state index in [-0.39, 0.29) is 12.3 Å². The van der Waals surface area contributed by atoms with Gasteiger partial charge in [-0.1, -0.05) is 24.3 Å². The SMILES string of the molecule is Cc1cc(C)n2nc(CC(=O)N(C)CC3Cc4ccccc4CN3C)nc2n1. The molecule has 1 unspecified atom stereocenters. The lowest BCUT2D eigenvalue weighted by atomic mass is 9.94. The predicted octanol–water partition coefficient (Wildman–Crippen LogP) is 1.80. The molecule has 1 amide bonds. The van der Waals surface area contributed by atoms with Gasteiger partial charge in [-0.05, 0) is 44.5 Å². The Morgan fingerprint density at radius 2 is 1.96 bits per heavy atom. The first-order chi connectivity index (χ1) is 13.4. The quantitative estimate of drug-likeness (QED) is 0.693. The third kappa shape index (κ3) is 3.62. The zero-order valence-electron chi connectivity index (χ0n) is 16.9. The fourth-order valence-corrected chi connectivity index (χ4v) is 3.89. The van der Waals surface area contributed by atoms with Crippen LogP contribution in [0.3, 0.4) is 0 Å². The van der Waals surface area contributed by atoms with Gasteiger partial charge in [0.1, 0.15) is 0 Å². The van der Waals surface area contributed by atoms with Crippen molar-refractivity contribution in [3.8, 4) is 0 Å². The molecule has 0 bridgehead atoms. The highest BCUT2D eigenvalue weighted by atomic mass is 16.2. The van der Waals surface area contributed by atoms with Gasteiger partial charge in [0.2, 0.25) is 5.91 Å². The number of amides is 1. The van der Waals surface area contributed by atoms with Crippen LogP contribution < -0.4 is 0 Å². The third-order valence-electron chi connectivity index (χ3n) is 5.50. The minimum absolute atomic E-state index is 0.0255. The van der Waals surface area contributed by atoms with Crippen LogP contribution >= 0.6 is 0 Å². The highest BCUT2D eigenvalue weighted by Crippen LogP contribution is 2.22. The average molecular weight is 378 g/mol. The Kier molecular flexibility index (Phi) is 4.85. The number of benzene rings is 1. The van der Waals surface area contributed by atoms with E-state index >= 15 is 0 Å². The van der Waals surface area contributed by atoms with Gasteiger partial charge in [-0.3, -0.25) is 9.69 Å². The first kappa shape index (κ1) is 18.6. The standard InChI is InChI=1S/C21H26N6O/c1-14-9-15(2)27-21(22-14)23-19(24-27)11-20(28)26(4)13-18-10-16-7-5-6-8-17(16)12-25(18)3/h5-9,18H,10-13H2,1-4H3. The Balaban J connectivity index is 1.43. The van der Waals surface area contributed by atoms with E-state index < -0.39 is 0 Å². The average Bonchev–Trinajstić information content (AvgIpc) is 3.04. The molecule has 0 aliphatic carbocycles. The molecular formula is C21H26N6O. The van der Waals surface area contributed by atoms with Gasteiger partial charge in [-0.25, -0.2) is 9.50 Å². The number of fused-ring (bicyclic) bond motifs is 2. The number of nitrogens with zero attached hydrogens (tertiary/aromatic N) is 6. The molecule has 1 aliphatic heterocycles. The number of aromatic nitrogens is 4. The van der Waals surface area contributed by atoms with Crippen molar-refractivity contribution in [2.75, 3.05) is 20.6 Å². The molecule has 4 rings (SSSR count). The third-order valence-corrected chi connectivity index (χ3v) is 5.50. The van der Waals surface area contributed by atoms with Crippen LogP contribution in [0.2, 0.25) is 0 Å². The summed E-state index contributed by atoms with van der Waals surface area (Å²) in [5, 5.41) is 4.45. The van der Waals surface area contributed by atoms with Crippen molar-refractivity contribution >= 4 is 11.7 Å². The molecule has 0 radical (unpaired) electrons. The largest absolute Gasteiger partial charge is 0.344 e. The smallest absolute Gasteiger partial charge is 0.252 e. The molecule has 3 aromatic rings. The lowest BCUT2D eigenvalue weighted by Gasteiger charge is -2.36. The van der Waals surface area contributed by atoms with Crippen LogP contribution in [0, 0.1) is 13.8 Å². The van der Waals surface area contributed by atoms with Gasteiger partial charge in [0.05, 0.1) is 6.42 Å². The lowest BCUT2D eigenvalue weighted by Crippen LogP contribution is -2.46. The van der Waals surface area contributed by atoms with Gasteiger partial charge < -0.3 is 4.90 Å². The van der Waals surface area contributed by atoms with Gasteiger partial charge in [-0.2, -0.15) is 4.98 Å². The van der Waals surface area contributed by atoms with Crippen LogP contribution in [0.5, 0.6) is 0 Å². The molecule has 1 atom stereocenters. The number of hydrogen-bond donors (Lipinski definition) is 0. The normalized spacial score (nSPS) is 16.9. The fraction of sp³-hybridized carbons (Fsp3) is 0.429. The van der Waals surface area contributed by atoms with Crippen LogP contribution in [0.15, 0.2) is 30.3 Å². The lowest BCUT2D eigenvalue weighted by molar-refractivity contribution is -0.130. The monoisotopic (exact) mass is 378 g/mol. The topological polar surface area (TPSA) is 66.6 Å². The Bertz CT molecular complexity index is 1030. The molecule has 0 saturated carbocycles. The molecule has 146 valence electrons. The summed E-state index contributed by atoms with van der Waals surface area (Å²) < 4.78 is 1.70. The number of rotatable bonds is 4. The van der Waals surface area contributed by atoms with Crippen LogP contribution in [0.4, 0.5) is 0 Å². The number of carbonyl (C=O) groups is 1. The second-order valence-electron chi connectivity index (χ2n) is 7.77. The summed E-state index contributed by atoms with van der Waals surface area (Å²) in [6, 6.07) is 10.8. The van der Waals surface area contributed by atoms with Crippen molar-refractivity contribution < 1.29 is 4.79 Å². The highest BCUT2D eigenvalue weighted by molar-refractivity contribution is 5.77. The minimum Gasteiger partial charge on any atom is -0.344 e. The molecule has 2 aromatic heterocycles. The molecule has 3 heterocycles. The molecule has 28 heavy (non-hydrogen) atoms. The van der Waals surface area contributed by atoms with Crippen molar-refractivity contribution in [1.82, 2.24) is 29.4 Å². The first-order valence-electron chi connectivity index (χ1n) is 9.61. The Morgan fingerprint density at radius 3 is 2.75 bits per heavy atom. The summed E-state index contributed by atoms with van der Waals surface area (Å²) in [6.07, 6.45) is 1.14. The van der Waals surface area contributed by atoms with Crippen LogP contribution in [-0.4, -0.2) is 62.0 Å². The predicted molar refractivity (Wildman–Crippen MR) is 107 cm³/mol. The molecule has 1 aliphatic rings. The number of likely N-dealkylation sites (N-methyl/N-ethyl adjacent to an activating group) is 2. The molecule has 1 aromatic carbocycles. The molecule has 7 heteroatoms. The highest BCUT2D eigenvalue weighted by Gasteiger charge is 2.26. The maximum Gasteiger partial charge on any atom is 0.252 e. The van der Waals surface area contributed by atoms with E-state index in [9.17, 15) is 4.79 Å². The number of carbonyl (C=O) groups excluding carboxylic acids is 1. The maximum absolute atomic E-state index is 12.8. The van der Waals surface area contributed by atoms with E-state index in [1.54, 1.807) is 9.42 Å². The minimum atomic E-state index is 0.0255. The molecular weight excluding hydrogens is 352 g/mol. The van der Waals surface area contributed by atoms with Crippen LogP contribution in [-0.2, 0) is 24.2 Å². The van der Waals surface area contributed by atoms with Crippen LogP contribution in [0.25, 0.3) is 5.78 Å². The Hall–Kier alpha value is -2.80. The van der Waals surface area contributed by atoms with Crippen molar-refractivity contribution in [2.45, 2.75) is 39.3 Å². The molecule has 0 saturated heterocycles. The summed E-state index contributed by atoms with van der Waals surface area (Å²) >= 11 is 0. The maximum atomic E-state index is 12.8. The van der Waals surface area contributed by atoms with E-state index in [2.05, 4.69) is 51.3 Å². The Labute approximate surface area is 165 Å². The van der Waals surface area contributed by atoms with Gasteiger partial charge in [-0.15, -0.1) is 5.10 Å². The fourth-order valence-electron chi connectivity index (χ4n) is 3.89. The van der Waals surface area contributed by atoms with Gasteiger partial charge >= 0.3 is 0 Å². The van der Waals surface area contributed by atoms with Crippen molar-refractivity contribution in [3.63, 3.8) is 0 Å². The summed E-state index contributed by atoms with van der Waals surface area (Å²) in [4.78, 5) is 25.7. The summed E-state index contributed by atoms with van der Waals surface area (Å²) in [6.45, 7) is 5.50. The van der Waals surface area contributed by atoms with E-state index in [4.69, 9.17) is 0 Å². The zero-order chi connectivity index (χ0) is 19.8. The van der Waals surface area contributed by atoms with Crippen LogP contribution in [0.1, 0.15) is 28.3 Å². The molecule has 0 spiro atoms. The summed E-state index contributed by atoms with van der Waals surface area (Å²) in [5.41, 5.74) is 4.62. The van der Waals surface area contributed by atoms with E-state index in [0.29, 0.717) is 24.2 Å². The van der Waals surface area contributed by atoms with Crippen molar-refractivity contribution in [2.24, 2.45) is 0 Å². The number of hydrogen-bond acceptors (Lipinski definition) is 5. The van der Waals surface area contributed by atoms with E-state index in [1.165, 1.54) is 11.1 Å².